The molecule has 1 heterocycles. The third kappa shape index (κ3) is 2.97. The van der Waals surface area contributed by atoms with Crippen LogP contribution in [-0.4, -0.2) is 13.4 Å². The van der Waals surface area contributed by atoms with Gasteiger partial charge in [0.25, 0.3) is 9.05 Å². The zero-order valence-electron chi connectivity index (χ0n) is 8.47. The van der Waals surface area contributed by atoms with Gasteiger partial charge in [-0.05, 0) is 23.3 Å². The molecule has 0 saturated carbocycles. The van der Waals surface area contributed by atoms with Crippen LogP contribution in [0.5, 0.6) is 0 Å². The molecule has 0 atom stereocenters. The molecule has 2 rings (SSSR count). The van der Waals surface area contributed by atoms with Gasteiger partial charge < -0.3 is 0 Å². The second kappa shape index (κ2) is 4.64. The van der Waals surface area contributed by atoms with E-state index in [1.54, 1.807) is 6.07 Å². The van der Waals surface area contributed by atoms with Crippen LogP contribution in [0.25, 0.3) is 11.1 Å². The van der Waals surface area contributed by atoms with Crippen LogP contribution in [0.1, 0.15) is 0 Å². The van der Waals surface area contributed by atoms with Gasteiger partial charge in [-0.2, -0.15) is 0 Å². The highest BCUT2D eigenvalue weighted by molar-refractivity contribution is 8.13. The van der Waals surface area contributed by atoms with Crippen molar-refractivity contribution in [3.8, 4) is 11.1 Å². The van der Waals surface area contributed by atoms with Crippen LogP contribution in [0.15, 0.2) is 47.5 Å². The highest BCUT2D eigenvalue weighted by atomic mass is 35.7. The minimum Gasteiger partial charge on any atom is -0.223 e. The SMILES string of the molecule is O=S(=O)(Cl)c1cc(-c2ccccc2)cc(Cl)n1. The number of pyridine rings is 1. The van der Waals surface area contributed by atoms with Gasteiger partial charge in [-0.25, -0.2) is 13.4 Å². The van der Waals surface area contributed by atoms with Crippen molar-refractivity contribution in [2.24, 2.45) is 0 Å². The van der Waals surface area contributed by atoms with Crippen LogP contribution in [-0.2, 0) is 9.05 Å². The van der Waals surface area contributed by atoms with Gasteiger partial charge >= 0.3 is 0 Å². The molecule has 88 valence electrons. The first-order valence-corrected chi connectivity index (χ1v) is 7.33. The highest BCUT2D eigenvalue weighted by Gasteiger charge is 2.14. The van der Waals surface area contributed by atoms with Crippen molar-refractivity contribution in [1.29, 1.82) is 0 Å². The van der Waals surface area contributed by atoms with Crippen LogP contribution in [0.2, 0.25) is 5.15 Å². The van der Waals surface area contributed by atoms with Crippen LogP contribution >= 0.6 is 22.3 Å². The predicted molar refractivity (Wildman–Crippen MR) is 67.7 cm³/mol. The number of halogens is 2. The number of aromatic nitrogens is 1. The Kier molecular flexibility index (Phi) is 3.38. The van der Waals surface area contributed by atoms with Crippen molar-refractivity contribution in [3.05, 3.63) is 47.6 Å². The van der Waals surface area contributed by atoms with E-state index in [2.05, 4.69) is 4.98 Å². The normalized spacial score (nSPS) is 11.4. The van der Waals surface area contributed by atoms with E-state index >= 15 is 0 Å². The summed E-state index contributed by atoms with van der Waals surface area (Å²) >= 11 is 5.77. The van der Waals surface area contributed by atoms with E-state index in [-0.39, 0.29) is 10.2 Å². The Hall–Kier alpha value is -1.10. The van der Waals surface area contributed by atoms with Gasteiger partial charge in [-0.1, -0.05) is 41.9 Å². The number of rotatable bonds is 2. The fraction of sp³-hybridized carbons (Fsp3) is 0. The first kappa shape index (κ1) is 12.4. The molecule has 6 heteroatoms. The van der Waals surface area contributed by atoms with Crippen LogP contribution in [0, 0.1) is 0 Å². The topological polar surface area (TPSA) is 47.0 Å². The third-order valence-electron chi connectivity index (χ3n) is 2.13. The van der Waals surface area contributed by atoms with Crippen molar-refractivity contribution in [2.75, 3.05) is 0 Å². The van der Waals surface area contributed by atoms with Crippen LogP contribution < -0.4 is 0 Å². The first-order valence-electron chi connectivity index (χ1n) is 4.64. The van der Waals surface area contributed by atoms with E-state index in [1.807, 2.05) is 30.3 Å². The quantitative estimate of drug-likeness (QED) is 0.629. The lowest BCUT2D eigenvalue weighted by Gasteiger charge is -2.04. The molecule has 0 aliphatic carbocycles. The number of hydrogen-bond acceptors (Lipinski definition) is 3. The van der Waals surface area contributed by atoms with E-state index in [1.165, 1.54) is 6.07 Å². The van der Waals surface area contributed by atoms with Crippen molar-refractivity contribution in [3.63, 3.8) is 0 Å². The van der Waals surface area contributed by atoms with E-state index in [9.17, 15) is 8.42 Å². The summed E-state index contributed by atoms with van der Waals surface area (Å²) in [6, 6.07) is 12.2. The van der Waals surface area contributed by atoms with E-state index in [4.69, 9.17) is 22.3 Å². The minimum absolute atomic E-state index is 0.0885. The molecule has 17 heavy (non-hydrogen) atoms. The molecule has 0 aliphatic rings. The van der Waals surface area contributed by atoms with Gasteiger partial charge in [0.15, 0.2) is 5.03 Å². The Bertz CT molecular complexity index is 642. The van der Waals surface area contributed by atoms with Gasteiger partial charge in [-0.15, -0.1) is 0 Å². The lowest BCUT2D eigenvalue weighted by atomic mass is 10.1. The van der Waals surface area contributed by atoms with Gasteiger partial charge in [0.05, 0.1) is 0 Å². The Balaban J connectivity index is 2.61. The summed E-state index contributed by atoms with van der Waals surface area (Å²) in [7, 11) is 1.36. The summed E-state index contributed by atoms with van der Waals surface area (Å²) in [5, 5.41) is -0.156. The van der Waals surface area contributed by atoms with Crippen molar-refractivity contribution in [1.82, 2.24) is 4.98 Å². The molecule has 1 aromatic heterocycles. The van der Waals surface area contributed by atoms with Crippen molar-refractivity contribution in [2.45, 2.75) is 5.03 Å². The second-order valence-electron chi connectivity index (χ2n) is 3.32. The molecule has 0 saturated heterocycles. The van der Waals surface area contributed by atoms with Crippen LogP contribution in [0.3, 0.4) is 0 Å². The maximum Gasteiger partial charge on any atom is 0.278 e. The fourth-order valence-corrected chi connectivity index (χ4v) is 2.37. The number of nitrogens with zero attached hydrogens (tertiary/aromatic N) is 1. The zero-order valence-corrected chi connectivity index (χ0v) is 10.8. The molecule has 0 amide bonds. The molecule has 0 aliphatic heterocycles. The molecule has 0 fully saturated rings. The molecule has 0 spiro atoms. The summed E-state index contributed by atoms with van der Waals surface area (Å²) in [5.74, 6) is 0. The summed E-state index contributed by atoms with van der Waals surface area (Å²) in [5.41, 5.74) is 1.50. The van der Waals surface area contributed by atoms with E-state index < -0.39 is 9.05 Å². The largest absolute Gasteiger partial charge is 0.278 e. The molecule has 0 N–H and O–H groups in total. The van der Waals surface area contributed by atoms with Crippen LogP contribution in [0.4, 0.5) is 0 Å². The maximum atomic E-state index is 11.2. The summed E-state index contributed by atoms with van der Waals surface area (Å²) < 4.78 is 22.4. The molecule has 2 aromatic rings. The second-order valence-corrected chi connectivity index (χ2v) is 6.22. The Morgan fingerprint density at radius 3 is 2.24 bits per heavy atom. The van der Waals surface area contributed by atoms with Gasteiger partial charge in [0.1, 0.15) is 5.15 Å². The smallest absolute Gasteiger partial charge is 0.223 e. The standard InChI is InChI=1S/C11H7Cl2NO2S/c12-10-6-9(8-4-2-1-3-5-8)7-11(14-10)17(13,15)16/h1-7H. The Morgan fingerprint density at radius 2 is 1.65 bits per heavy atom. The summed E-state index contributed by atoms with van der Waals surface area (Å²) in [6.45, 7) is 0. The number of hydrogen-bond donors (Lipinski definition) is 0. The van der Waals surface area contributed by atoms with Crippen molar-refractivity contribution < 1.29 is 8.42 Å². The van der Waals surface area contributed by atoms with Gasteiger partial charge in [-0.3, -0.25) is 0 Å². The zero-order chi connectivity index (χ0) is 12.5. The minimum atomic E-state index is -3.88. The molecule has 3 nitrogen and oxygen atoms in total. The first-order chi connectivity index (χ1) is 7.97. The Labute approximate surface area is 108 Å². The monoisotopic (exact) mass is 287 g/mol. The van der Waals surface area contributed by atoms with Gasteiger partial charge in [0.2, 0.25) is 0 Å². The lowest BCUT2D eigenvalue weighted by Crippen LogP contribution is -1.96. The number of benzene rings is 1. The predicted octanol–water partition coefficient (Wildman–Crippen LogP) is 3.33. The summed E-state index contributed by atoms with van der Waals surface area (Å²) in [4.78, 5) is 3.68. The average Bonchev–Trinajstić information content (AvgIpc) is 2.28. The maximum absolute atomic E-state index is 11.2. The summed E-state index contributed by atoms with van der Waals surface area (Å²) in [6.07, 6.45) is 0. The van der Waals surface area contributed by atoms with Gasteiger partial charge in [0, 0.05) is 10.7 Å². The molecule has 0 radical (unpaired) electrons. The molecule has 0 bridgehead atoms. The molecular formula is C11H7Cl2NO2S. The van der Waals surface area contributed by atoms with E-state index in [0.29, 0.717) is 5.56 Å². The lowest BCUT2D eigenvalue weighted by molar-refractivity contribution is 0.606. The molecular weight excluding hydrogens is 281 g/mol. The molecule has 0 unspecified atom stereocenters. The average molecular weight is 288 g/mol. The van der Waals surface area contributed by atoms with Crippen molar-refractivity contribution >= 4 is 31.3 Å². The highest BCUT2D eigenvalue weighted by Crippen LogP contribution is 2.25. The Morgan fingerprint density at radius 1 is 1.00 bits per heavy atom. The van der Waals surface area contributed by atoms with E-state index in [0.717, 1.165) is 5.56 Å². The fourth-order valence-electron chi connectivity index (χ4n) is 1.40. The third-order valence-corrected chi connectivity index (χ3v) is 3.50. The molecule has 1 aromatic carbocycles.